The van der Waals surface area contributed by atoms with Crippen LogP contribution in [0.15, 0.2) is 29.2 Å². The van der Waals surface area contributed by atoms with Gasteiger partial charge in [0.2, 0.25) is 10.0 Å². The lowest BCUT2D eigenvalue weighted by molar-refractivity contribution is -0.141. The van der Waals surface area contributed by atoms with Crippen molar-refractivity contribution < 1.29 is 23.1 Å². The minimum Gasteiger partial charge on any atom is -0.480 e. The predicted octanol–water partition coefficient (Wildman–Crippen LogP) is 1.17. The van der Waals surface area contributed by atoms with Crippen molar-refractivity contribution in [1.29, 1.82) is 0 Å². The highest BCUT2D eigenvalue weighted by Gasteiger charge is 2.23. The third kappa shape index (κ3) is 5.04. The second kappa shape index (κ2) is 7.56. The molecular formula is C15H22N2O5S. The molecule has 0 radical (unpaired) electrons. The topological polar surface area (TPSA) is 104 Å². The van der Waals surface area contributed by atoms with Gasteiger partial charge in [-0.1, -0.05) is 13.8 Å². The molecule has 1 unspecified atom stereocenters. The molecule has 0 heterocycles. The number of nitrogens with one attached hydrogen (secondary N) is 1. The van der Waals surface area contributed by atoms with E-state index in [1.165, 1.54) is 38.2 Å². The van der Waals surface area contributed by atoms with Crippen molar-refractivity contribution in [3.8, 4) is 0 Å². The maximum atomic E-state index is 12.2. The molecule has 23 heavy (non-hydrogen) atoms. The van der Waals surface area contributed by atoms with Crippen LogP contribution in [-0.2, 0) is 14.8 Å². The molecule has 1 amide bonds. The molecule has 0 saturated heterocycles. The molecule has 0 aliphatic heterocycles. The van der Waals surface area contributed by atoms with Gasteiger partial charge in [-0.2, -0.15) is 0 Å². The molecule has 0 bridgehead atoms. The smallest absolute Gasteiger partial charge is 0.326 e. The molecule has 0 aromatic heterocycles. The lowest BCUT2D eigenvalue weighted by atomic mass is 10.2. The van der Waals surface area contributed by atoms with E-state index in [9.17, 15) is 18.0 Å². The number of likely N-dealkylation sites (N-methyl/N-ethyl adjacent to an activating group) is 1. The van der Waals surface area contributed by atoms with Gasteiger partial charge in [0.1, 0.15) is 6.04 Å². The first-order valence-corrected chi connectivity index (χ1v) is 8.64. The first-order chi connectivity index (χ1) is 10.6. The Morgan fingerprint density at radius 2 is 1.70 bits per heavy atom. The highest BCUT2D eigenvalue weighted by molar-refractivity contribution is 7.89. The Morgan fingerprint density at radius 1 is 1.17 bits per heavy atom. The van der Waals surface area contributed by atoms with Gasteiger partial charge in [-0.3, -0.25) is 4.79 Å². The zero-order valence-corrected chi connectivity index (χ0v) is 14.4. The zero-order valence-electron chi connectivity index (χ0n) is 13.6. The molecule has 0 aliphatic rings. The van der Waals surface area contributed by atoms with E-state index in [-0.39, 0.29) is 16.4 Å². The quantitative estimate of drug-likeness (QED) is 0.774. The van der Waals surface area contributed by atoms with Gasteiger partial charge >= 0.3 is 5.97 Å². The number of hydrogen-bond donors (Lipinski definition) is 2. The normalized spacial score (nSPS) is 12.9. The van der Waals surface area contributed by atoms with Gasteiger partial charge in [-0.25, -0.2) is 17.9 Å². The highest BCUT2D eigenvalue weighted by Crippen LogP contribution is 2.13. The van der Waals surface area contributed by atoms with Crippen LogP contribution in [0.2, 0.25) is 0 Å². The molecule has 1 rings (SSSR count). The Balaban J connectivity index is 2.92. The molecule has 1 atom stereocenters. The van der Waals surface area contributed by atoms with Gasteiger partial charge in [-0.15, -0.1) is 0 Å². The van der Waals surface area contributed by atoms with Crippen LogP contribution >= 0.6 is 0 Å². The number of rotatable bonds is 7. The van der Waals surface area contributed by atoms with Gasteiger partial charge in [0, 0.05) is 19.2 Å². The van der Waals surface area contributed by atoms with E-state index >= 15 is 0 Å². The molecule has 0 saturated carbocycles. The molecule has 0 spiro atoms. The number of nitrogens with zero attached hydrogens (tertiary/aromatic N) is 1. The average molecular weight is 342 g/mol. The van der Waals surface area contributed by atoms with E-state index in [0.29, 0.717) is 6.54 Å². The second-order valence-electron chi connectivity index (χ2n) is 5.70. The molecule has 8 heteroatoms. The van der Waals surface area contributed by atoms with Crippen molar-refractivity contribution in [3.63, 3.8) is 0 Å². The van der Waals surface area contributed by atoms with Crippen molar-refractivity contribution >= 4 is 21.9 Å². The van der Waals surface area contributed by atoms with Crippen molar-refractivity contribution in [2.75, 3.05) is 13.6 Å². The second-order valence-corrected chi connectivity index (χ2v) is 7.47. The summed E-state index contributed by atoms with van der Waals surface area (Å²) in [5.74, 6) is -1.42. The van der Waals surface area contributed by atoms with Crippen LogP contribution < -0.4 is 4.72 Å². The Labute approximate surface area is 136 Å². The minimum atomic E-state index is -3.62. The van der Waals surface area contributed by atoms with Crippen LogP contribution in [0.25, 0.3) is 0 Å². The van der Waals surface area contributed by atoms with Gasteiger partial charge in [0.15, 0.2) is 0 Å². The number of carboxylic acid groups (broad SMARTS) is 1. The Kier molecular flexibility index (Phi) is 6.28. The van der Waals surface area contributed by atoms with E-state index in [1.807, 2.05) is 13.8 Å². The van der Waals surface area contributed by atoms with Gasteiger partial charge < -0.3 is 10.0 Å². The van der Waals surface area contributed by atoms with E-state index in [2.05, 4.69) is 4.72 Å². The number of carbonyl (C=O) groups excluding carboxylic acids is 1. The maximum Gasteiger partial charge on any atom is 0.326 e. The first kappa shape index (κ1) is 19.1. The fourth-order valence-electron chi connectivity index (χ4n) is 1.68. The zero-order chi connectivity index (χ0) is 17.8. The Morgan fingerprint density at radius 3 is 2.13 bits per heavy atom. The number of benzene rings is 1. The van der Waals surface area contributed by atoms with Crippen LogP contribution in [0.4, 0.5) is 0 Å². The predicted molar refractivity (Wildman–Crippen MR) is 85.7 cm³/mol. The summed E-state index contributed by atoms with van der Waals surface area (Å²) in [6, 6.07) is 4.43. The molecule has 1 aromatic carbocycles. The van der Waals surface area contributed by atoms with Crippen molar-refractivity contribution in [2.45, 2.75) is 31.7 Å². The monoisotopic (exact) mass is 342 g/mol. The lowest BCUT2D eigenvalue weighted by Crippen LogP contribution is -2.40. The van der Waals surface area contributed by atoms with E-state index in [0.717, 1.165) is 4.90 Å². The van der Waals surface area contributed by atoms with Gasteiger partial charge in [0.25, 0.3) is 5.91 Å². The summed E-state index contributed by atoms with van der Waals surface area (Å²) >= 11 is 0. The third-order valence-electron chi connectivity index (χ3n) is 3.35. The van der Waals surface area contributed by atoms with E-state index in [1.54, 1.807) is 0 Å². The maximum absolute atomic E-state index is 12.2. The summed E-state index contributed by atoms with van der Waals surface area (Å²) in [6.45, 7) is 5.50. The first-order valence-electron chi connectivity index (χ1n) is 7.16. The highest BCUT2D eigenvalue weighted by atomic mass is 32.2. The molecule has 1 aromatic rings. The summed E-state index contributed by atoms with van der Waals surface area (Å²) in [5, 5.41) is 8.92. The lowest BCUT2D eigenvalue weighted by Gasteiger charge is -2.21. The molecule has 128 valence electrons. The summed E-state index contributed by atoms with van der Waals surface area (Å²) < 4.78 is 26.6. The van der Waals surface area contributed by atoms with Gasteiger partial charge in [-0.05, 0) is 37.1 Å². The average Bonchev–Trinajstić information content (AvgIpc) is 2.51. The number of carboxylic acids is 1. The summed E-state index contributed by atoms with van der Waals surface area (Å²) in [6.07, 6.45) is 0. The van der Waals surface area contributed by atoms with Crippen molar-refractivity contribution in [1.82, 2.24) is 9.62 Å². The fraction of sp³-hybridized carbons (Fsp3) is 0.467. The fourth-order valence-corrected chi connectivity index (χ4v) is 2.90. The number of aliphatic carboxylic acids is 1. The molecule has 0 aliphatic carbocycles. The van der Waals surface area contributed by atoms with Gasteiger partial charge in [0.05, 0.1) is 4.90 Å². The summed E-state index contributed by atoms with van der Waals surface area (Å²) in [5.41, 5.74) is 0.225. The number of carbonyl (C=O) groups is 2. The van der Waals surface area contributed by atoms with E-state index in [4.69, 9.17) is 5.11 Å². The van der Waals surface area contributed by atoms with Crippen LogP contribution in [0, 0.1) is 5.92 Å². The SMILES string of the molecule is CC(C)CNS(=O)(=O)c1ccc(C(=O)N(C)C(C)C(=O)O)cc1. The standard InChI is InChI=1S/C15H22N2O5S/c1-10(2)9-16-23(21,22)13-7-5-12(6-8-13)14(18)17(4)11(3)15(19)20/h5-8,10-11,16H,9H2,1-4H3,(H,19,20). The van der Waals surface area contributed by atoms with Crippen molar-refractivity contribution in [2.24, 2.45) is 5.92 Å². The molecular weight excluding hydrogens is 320 g/mol. The van der Waals surface area contributed by atoms with E-state index < -0.39 is 27.9 Å². The van der Waals surface area contributed by atoms with Crippen molar-refractivity contribution in [3.05, 3.63) is 29.8 Å². The molecule has 7 nitrogen and oxygen atoms in total. The number of amides is 1. The summed E-state index contributed by atoms with van der Waals surface area (Å²) in [4.78, 5) is 24.2. The largest absolute Gasteiger partial charge is 0.480 e. The van der Waals surface area contributed by atoms with Crippen LogP contribution in [-0.4, -0.2) is 49.9 Å². The Bertz CT molecular complexity index is 668. The van der Waals surface area contributed by atoms with Crippen LogP contribution in [0.5, 0.6) is 0 Å². The van der Waals surface area contributed by atoms with Crippen LogP contribution in [0.1, 0.15) is 31.1 Å². The molecule has 0 fully saturated rings. The summed E-state index contributed by atoms with van der Waals surface area (Å²) in [7, 11) is -2.23. The number of hydrogen-bond acceptors (Lipinski definition) is 4. The molecule has 2 N–H and O–H groups in total. The Hall–Kier alpha value is -1.93. The number of sulfonamides is 1. The van der Waals surface area contributed by atoms with Crippen LogP contribution in [0.3, 0.4) is 0 Å². The third-order valence-corrected chi connectivity index (χ3v) is 4.79. The minimum absolute atomic E-state index is 0.0589.